The number of halogens is 1. The number of nitrogens with zero attached hydrogens (tertiary/aromatic N) is 1. The molecule has 17 heavy (non-hydrogen) atoms. The van der Waals surface area contributed by atoms with Crippen molar-refractivity contribution >= 4 is 0 Å². The van der Waals surface area contributed by atoms with E-state index >= 15 is 0 Å². The molecule has 96 valence electrons. The van der Waals surface area contributed by atoms with Crippen molar-refractivity contribution in [3.8, 4) is 0 Å². The van der Waals surface area contributed by atoms with Crippen LogP contribution in [-0.4, -0.2) is 46.7 Å². The summed E-state index contributed by atoms with van der Waals surface area (Å²) >= 11 is 0. The summed E-state index contributed by atoms with van der Waals surface area (Å²) in [6.07, 6.45) is 7.47. The molecule has 0 bridgehead atoms. The topological polar surface area (TPSA) is 43.7 Å². The molecular weight excluding hydrogens is 221 g/mol. The number of rotatable bonds is 5. The van der Waals surface area contributed by atoms with Gasteiger partial charge in [0.25, 0.3) is 0 Å². The van der Waals surface area contributed by atoms with E-state index in [1.165, 1.54) is 0 Å². The number of aliphatic hydroxyl groups is 2. The third-order valence-electron chi connectivity index (χ3n) is 2.87. The summed E-state index contributed by atoms with van der Waals surface area (Å²) in [7, 11) is 0. The monoisotopic (exact) mass is 241 g/mol. The van der Waals surface area contributed by atoms with Crippen molar-refractivity contribution < 1.29 is 14.6 Å². The Morgan fingerprint density at radius 3 is 2.41 bits per heavy atom. The Labute approximate surface area is 102 Å². The molecule has 0 amide bonds. The quantitative estimate of drug-likeness (QED) is 0.715. The Hall–Kier alpha value is -0.970. The minimum Gasteiger partial charge on any atom is -0.393 e. The number of alkyl halides is 1. The molecule has 0 aromatic carbocycles. The standard InChI is InChI=1S/C13H20FNO2/c1-2-3-4-5-6-12(13(14)17)15-9-7-11(16)8-10-15/h2-6,11-13,16-17H,1,7-10H2/b4-3-,6-5+. The van der Waals surface area contributed by atoms with Gasteiger partial charge in [-0.3, -0.25) is 4.90 Å². The molecule has 1 heterocycles. The first-order valence-corrected chi connectivity index (χ1v) is 5.85. The van der Waals surface area contributed by atoms with E-state index in [4.69, 9.17) is 5.11 Å². The van der Waals surface area contributed by atoms with Crippen molar-refractivity contribution in [1.29, 1.82) is 0 Å². The average Bonchev–Trinajstić information content (AvgIpc) is 2.30. The van der Waals surface area contributed by atoms with Crippen LogP contribution in [0.3, 0.4) is 0 Å². The van der Waals surface area contributed by atoms with Crippen LogP contribution in [0.1, 0.15) is 12.8 Å². The molecule has 2 atom stereocenters. The molecule has 1 aliphatic heterocycles. The summed E-state index contributed by atoms with van der Waals surface area (Å²) in [5.41, 5.74) is 0. The first kappa shape index (κ1) is 14.1. The zero-order chi connectivity index (χ0) is 12.7. The highest BCUT2D eigenvalue weighted by atomic mass is 19.1. The van der Waals surface area contributed by atoms with Gasteiger partial charge in [-0.25, -0.2) is 4.39 Å². The lowest BCUT2D eigenvalue weighted by atomic mass is 10.1. The molecule has 0 aromatic heterocycles. The van der Waals surface area contributed by atoms with Gasteiger partial charge in [0, 0.05) is 13.1 Å². The zero-order valence-electron chi connectivity index (χ0n) is 9.87. The maximum atomic E-state index is 13.1. The molecule has 2 N–H and O–H groups in total. The second-order valence-electron chi connectivity index (χ2n) is 4.14. The molecular formula is C13H20FNO2. The zero-order valence-corrected chi connectivity index (χ0v) is 9.87. The molecule has 0 radical (unpaired) electrons. The number of allylic oxidation sites excluding steroid dienone is 4. The van der Waals surface area contributed by atoms with Crippen LogP contribution in [-0.2, 0) is 0 Å². The van der Waals surface area contributed by atoms with Gasteiger partial charge in [0.2, 0.25) is 6.36 Å². The largest absolute Gasteiger partial charge is 0.393 e. The van der Waals surface area contributed by atoms with Crippen LogP contribution >= 0.6 is 0 Å². The molecule has 0 aliphatic carbocycles. The van der Waals surface area contributed by atoms with E-state index in [1.54, 1.807) is 30.4 Å². The molecule has 1 saturated heterocycles. The van der Waals surface area contributed by atoms with E-state index in [-0.39, 0.29) is 6.10 Å². The van der Waals surface area contributed by atoms with Gasteiger partial charge >= 0.3 is 0 Å². The van der Waals surface area contributed by atoms with Gasteiger partial charge in [-0.15, -0.1) is 0 Å². The van der Waals surface area contributed by atoms with Gasteiger partial charge in [-0.1, -0.05) is 37.0 Å². The van der Waals surface area contributed by atoms with Crippen molar-refractivity contribution in [2.24, 2.45) is 0 Å². The van der Waals surface area contributed by atoms with E-state index in [0.717, 1.165) is 0 Å². The minimum absolute atomic E-state index is 0.298. The molecule has 1 fully saturated rings. The van der Waals surface area contributed by atoms with E-state index in [2.05, 4.69) is 6.58 Å². The van der Waals surface area contributed by atoms with Gasteiger partial charge in [0.05, 0.1) is 12.1 Å². The SMILES string of the molecule is C=C/C=C\C=C\C(C(O)F)N1CCC(O)CC1. The maximum Gasteiger partial charge on any atom is 0.215 e. The minimum atomic E-state index is -1.90. The van der Waals surface area contributed by atoms with Crippen LogP contribution in [0.2, 0.25) is 0 Å². The van der Waals surface area contributed by atoms with Crippen LogP contribution in [0, 0.1) is 0 Å². The second-order valence-corrected chi connectivity index (χ2v) is 4.14. The van der Waals surface area contributed by atoms with Crippen molar-refractivity contribution in [2.75, 3.05) is 13.1 Å². The fourth-order valence-corrected chi connectivity index (χ4v) is 1.89. The first-order valence-electron chi connectivity index (χ1n) is 5.85. The highest BCUT2D eigenvalue weighted by Gasteiger charge is 2.27. The number of hydrogen-bond donors (Lipinski definition) is 2. The highest BCUT2D eigenvalue weighted by molar-refractivity contribution is 5.11. The molecule has 1 aliphatic rings. The summed E-state index contributed by atoms with van der Waals surface area (Å²) < 4.78 is 13.1. The van der Waals surface area contributed by atoms with Crippen molar-refractivity contribution in [3.05, 3.63) is 37.0 Å². The smallest absolute Gasteiger partial charge is 0.215 e. The fraction of sp³-hybridized carbons (Fsp3) is 0.538. The van der Waals surface area contributed by atoms with Gasteiger partial charge < -0.3 is 10.2 Å². The van der Waals surface area contributed by atoms with E-state index in [9.17, 15) is 9.50 Å². The molecule has 0 aromatic rings. The van der Waals surface area contributed by atoms with Crippen LogP contribution in [0.15, 0.2) is 37.0 Å². The Kier molecular flexibility index (Phi) is 6.11. The predicted molar refractivity (Wildman–Crippen MR) is 66.2 cm³/mol. The molecule has 3 nitrogen and oxygen atoms in total. The van der Waals surface area contributed by atoms with E-state index in [1.807, 2.05) is 4.90 Å². The van der Waals surface area contributed by atoms with Crippen LogP contribution in [0.4, 0.5) is 4.39 Å². The lowest BCUT2D eigenvalue weighted by Gasteiger charge is -2.34. The van der Waals surface area contributed by atoms with Gasteiger partial charge in [-0.05, 0) is 12.8 Å². The molecule has 2 unspecified atom stereocenters. The Bertz CT molecular complexity index is 281. The number of hydrogen-bond acceptors (Lipinski definition) is 3. The Morgan fingerprint density at radius 2 is 1.88 bits per heavy atom. The Morgan fingerprint density at radius 1 is 1.24 bits per heavy atom. The van der Waals surface area contributed by atoms with E-state index in [0.29, 0.717) is 25.9 Å². The first-order chi connectivity index (χ1) is 8.15. The van der Waals surface area contributed by atoms with Gasteiger partial charge in [-0.2, -0.15) is 0 Å². The van der Waals surface area contributed by atoms with E-state index < -0.39 is 12.4 Å². The van der Waals surface area contributed by atoms with Crippen LogP contribution in [0.25, 0.3) is 0 Å². The summed E-state index contributed by atoms with van der Waals surface area (Å²) in [6.45, 7) is 4.73. The van der Waals surface area contributed by atoms with Gasteiger partial charge in [0.1, 0.15) is 0 Å². The van der Waals surface area contributed by atoms with Crippen LogP contribution < -0.4 is 0 Å². The number of likely N-dealkylation sites (tertiary alicyclic amines) is 1. The third-order valence-corrected chi connectivity index (χ3v) is 2.87. The number of aliphatic hydroxyl groups excluding tert-OH is 2. The average molecular weight is 241 g/mol. The summed E-state index contributed by atoms with van der Waals surface area (Å²) in [5.74, 6) is 0. The second kappa shape index (κ2) is 7.37. The van der Waals surface area contributed by atoms with Gasteiger partial charge in [0.15, 0.2) is 0 Å². The van der Waals surface area contributed by atoms with Crippen molar-refractivity contribution in [3.63, 3.8) is 0 Å². The normalized spacial score (nSPS) is 23.2. The van der Waals surface area contributed by atoms with Crippen molar-refractivity contribution in [1.82, 2.24) is 4.90 Å². The Balaban J connectivity index is 2.56. The van der Waals surface area contributed by atoms with Crippen LogP contribution in [0.5, 0.6) is 0 Å². The summed E-state index contributed by atoms with van der Waals surface area (Å²) in [6, 6.07) is -0.642. The lowest BCUT2D eigenvalue weighted by molar-refractivity contribution is -0.0381. The molecule has 4 heteroatoms. The lowest BCUT2D eigenvalue weighted by Crippen LogP contribution is -2.46. The van der Waals surface area contributed by atoms with Crippen molar-refractivity contribution in [2.45, 2.75) is 31.3 Å². The summed E-state index contributed by atoms with van der Waals surface area (Å²) in [5, 5.41) is 18.5. The third kappa shape index (κ3) is 4.81. The molecule has 1 rings (SSSR count). The predicted octanol–water partition coefficient (Wildman–Crippen LogP) is 1.40. The maximum absolute atomic E-state index is 13.1. The fourth-order valence-electron chi connectivity index (χ4n) is 1.89. The summed E-state index contributed by atoms with van der Waals surface area (Å²) in [4.78, 5) is 1.84. The number of piperidine rings is 1. The molecule has 0 saturated carbocycles. The molecule has 0 spiro atoms. The highest BCUT2D eigenvalue weighted by Crippen LogP contribution is 2.16.